The Hall–Kier alpha value is -2.31. The van der Waals surface area contributed by atoms with E-state index in [0.29, 0.717) is 0 Å². The Balaban J connectivity index is 2.06. The Bertz CT molecular complexity index is 606. The van der Waals surface area contributed by atoms with Crippen molar-refractivity contribution in [1.29, 1.82) is 0 Å². The number of azo groups is 1. The summed E-state index contributed by atoms with van der Waals surface area (Å²) < 4.78 is 37.3. The predicted molar refractivity (Wildman–Crippen MR) is 66.4 cm³/mol. The summed E-state index contributed by atoms with van der Waals surface area (Å²) in [7, 11) is 0. The van der Waals surface area contributed by atoms with E-state index >= 15 is 0 Å². The molecule has 0 aliphatic rings. The monoisotopic (exact) mass is 280 g/mol. The third-order valence-corrected chi connectivity index (χ3v) is 2.47. The maximum Gasteiger partial charge on any atom is 0.433 e. The number of nitrogens with zero attached hydrogens (tertiary/aromatic N) is 4. The largest absolute Gasteiger partial charge is 0.433 e. The molecule has 7 heteroatoms. The first kappa shape index (κ1) is 14.1. The van der Waals surface area contributed by atoms with Gasteiger partial charge in [0, 0.05) is 6.20 Å². The molecule has 2 rings (SSSR count). The van der Waals surface area contributed by atoms with Crippen LogP contribution in [0.25, 0.3) is 0 Å². The van der Waals surface area contributed by atoms with E-state index in [1.807, 2.05) is 31.2 Å². The molecule has 0 saturated heterocycles. The predicted octanol–water partition coefficient (Wildman–Crippen LogP) is 4.09. The highest BCUT2D eigenvalue weighted by Crippen LogP contribution is 2.27. The van der Waals surface area contributed by atoms with Crippen LogP contribution in [0.1, 0.15) is 16.8 Å². The minimum absolute atomic E-state index is 0.264. The lowest BCUT2D eigenvalue weighted by molar-refractivity contribution is -0.141. The minimum Gasteiger partial charge on any atom is -0.218 e. The zero-order valence-corrected chi connectivity index (χ0v) is 10.6. The molecule has 20 heavy (non-hydrogen) atoms. The Morgan fingerprint density at radius 3 is 2.45 bits per heavy atom. The molecule has 0 bridgehead atoms. The molecule has 104 valence electrons. The maximum atomic E-state index is 12.4. The molecule has 0 radical (unpaired) electrons. The second kappa shape index (κ2) is 5.77. The Labute approximate surface area is 113 Å². The third kappa shape index (κ3) is 3.84. The van der Waals surface area contributed by atoms with Crippen LogP contribution in [0.15, 0.2) is 46.8 Å². The molecule has 1 heterocycles. The molecule has 1 aromatic heterocycles. The van der Waals surface area contributed by atoms with Crippen LogP contribution in [0.4, 0.5) is 19.1 Å². The van der Waals surface area contributed by atoms with Gasteiger partial charge in [-0.1, -0.05) is 29.8 Å². The number of aryl methyl sites for hydroxylation is 1. The molecule has 0 unspecified atom stereocenters. The van der Waals surface area contributed by atoms with Crippen LogP contribution >= 0.6 is 0 Å². The first-order valence-electron chi connectivity index (χ1n) is 5.78. The van der Waals surface area contributed by atoms with E-state index in [-0.39, 0.29) is 12.5 Å². The van der Waals surface area contributed by atoms with Crippen LogP contribution in [0, 0.1) is 6.92 Å². The van der Waals surface area contributed by atoms with Crippen LogP contribution < -0.4 is 0 Å². The van der Waals surface area contributed by atoms with Crippen molar-refractivity contribution >= 4 is 5.95 Å². The molecular weight excluding hydrogens is 269 g/mol. The third-order valence-electron chi connectivity index (χ3n) is 2.47. The summed E-state index contributed by atoms with van der Waals surface area (Å²) in [6, 6.07) is 8.39. The lowest BCUT2D eigenvalue weighted by Gasteiger charge is -2.04. The highest BCUT2D eigenvalue weighted by atomic mass is 19.4. The SMILES string of the molecule is Cc1ccc(CN=Nc2nccc(C(F)(F)F)n2)cc1. The summed E-state index contributed by atoms with van der Waals surface area (Å²) in [5, 5.41) is 7.40. The van der Waals surface area contributed by atoms with Crippen molar-refractivity contribution in [3.05, 3.63) is 53.3 Å². The van der Waals surface area contributed by atoms with Crippen molar-refractivity contribution in [3.63, 3.8) is 0 Å². The molecule has 0 saturated carbocycles. The average Bonchev–Trinajstić information content (AvgIpc) is 2.40. The van der Waals surface area contributed by atoms with Crippen molar-refractivity contribution in [2.24, 2.45) is 10.2 Å². The van der Waals surface area contributed by atoms with Crippen molar-refractivity contribution in [2.75, 3.05) is 0 Å². The Morgan fingerprint density at radius 2 is 1.80 bits per heavy atom. The summed E-state index contributed by atoms with van der Waals surface area (Å²) >= 11 is 0. The van der Waals surface area contributed by atoms with Gasteiger partial charge >= 0.3 is 6.18 Å². The first-order chi connectivity index (χ1) is 9.45. The van der Waals surface area contributed by atoms with E-state index in [1.54, 1.807) is 0 Å². The number of aromatic nitrogens is 2. The van der Waals surface area contributed by atoms with Gasteiger partial charge in [-0.05, 0) is 18.6 Å². The zero-order valence-electron chi connectivity index (χ0n) is 10.6. The molecule has 4 nitrogen and oxygen atoms in total. The quantitative estimate of drug-likeness (QED) is 0.795. The van der Waals surface area contributed by atoms with E-state index in [9.17, 15) is 13.2 Å². The number of hydrogen-bond donors (Lipinski definition) is 0. The maximum absolute atomic E-state index is 12.4. The first-order valence-corrected chi connectivity index (χ1v) is 5.78. The fourth-order valence-electron chi connectivity index (χ4n) is 1.43. The van der Waals surface area contributed by atoms with Gasteiger partial charge in [-0.3, -0.25) is 0 Å². The van der Waals surface area contributed by atoms with E-state index in [1.165, 1.54) is 0 Å². The lowest BCUT2D eigenvalue weighted by Crippen LogP contribution is -2.07. The number of benzene rings is 1. The van der Waals surface area contributed by atoms with Crippen LogP contribution in [0.2, 0.25) is 0 Å². The second-order valence-electron chi connectivity index (χ2n) is 4.12. The normalized spacial score (nSPS) is 12.0. The van der Waals surface area contributed by atoms with Gasteiger partial charge in [0.25, 0.3) is 5.95 Å². The number of rotatable bonds is 3. The van der Waals surface area contributed by atoms with Crippen molar-refractivity contribution in [3.8, 4) is 0 Å². The van der Waals surface area contributed by atoms with Gasteiger partial charge in [-0.15, -0.1) is 5.11 Å². The standard InChI is InChI=1S/C13H11F3N4/c1-9-2-4-10(5-3-9)8-18-20-12-17-7-6-11(19-12)13(14,15)16/h2-7H,8H2,1H3. The number of halogens is 3. The summed E-state index contributed by atoms with van der Waals surface area (Å²) in [6.07, 6.45) is -3.50. The molecule has 0 aliphatic heterocycles. The molecular formula is C13H11F3N4. The molecule has 2 aromatic rings. The van der Waals surface area contributed by atoms with Crippen LogP contribution in [0.3, 0.4) is 0 Å². The van der Waals surface area contributed by atoms with E-state index in [2.05, 4.69) is 20.2 Å². The molecule has 0 amide bonds. The van der Waals surface area contributed by atoms with Gasteiger partial charge in [0.2, 0.25) is 0 Å². The zero-order chi connectivity index (χ0) is 14.6. The Morgan fingerprint density at radius 1 is 1.10 bits per heavy atom. The van der Waals surface area contributed by atoms with Crippen molar-refractivity contribution in [1.82, 2.24) is 9.97 Å². The van der Waals surface area contributed by atoms with Crippen molar-refractivity contribution < 1.29 is 13.2 Å². The van der Waals surface area contributed by atoms with Gasteiger partial charge < -0.3 is 0 Å². The summed E-state index contributed by atoms with van der Waals surface area (Å²) in [5.74, 6) is -0.299. The molecule has 0 N–H and O–H groups in total. The minimum atomic E-state index is -4.51. The highest BCUT2D eigenvalue weighted by Gasteiger charge is 2.32. The molecule has 1 aromatic carbocycles. The molecule has 0 fully saturated rings. The second-order valence-corrected chi connectivity index (χ2v) is 4.12. The highest BCUT2D eigenvalue weighted by molar-refractivity contribution is 5.21. The van der Waals surface area contributed by atoms with Gasteiger partial charge in [0.05, 0.1) is 6.54 Å². The summed E-state index contributed by atoms with van der Waals surface area (Å²) in [6.45, 7) is 2.22. The number of alkyl halides is 3. The van der Waals surface area contributed by atoms with Gasteiger partial charge in [0.1, 0.15) is 5.69 Å². The lowest BCUT2D eigenvalue weighted by atomic mass is 10.2. The van der Waals surface area contributed by atoms with E-state index < -0.39 is 11.9 Å². The van der Waals surface area contributed by atoms with Crippen LogP contribution in [-0.2, 0) is 12.7 Å². The van der Waals surface area contributed by atoms with Gasteiger partial charge in [0.15, 0.2) is 0 Å². The fourth-order valence-corrected chi connectivity index (χ4v) is 1.43. The summed E-state index contributed by atoms with van der Waals surface area (Å²) in [5.41, 5.74) is 0.995. The molecule has 0 spiro atoms. The van der Waals surface area contributed by atoms with Gasteiger partial charge in [-0.25, -0.2) is 9.97 Å². The van der Waals surface area contributed by atoms with Crippen LogP contribution in [-0.4, -0.2) is 9.97 Å². The fraction of sp³-hybridized carbons (Fsp3) is 0.231. The van der Waals surface area contributed by atoms with Gasteiger partial charge in [-0.2, -0.15) is 18.3 Å². The smallest absolute Gasteiger partial charge is 0.218 e. The molecule has 0 atom stereocenters. The Kier molecular flexibility index (Phi) is 4.07. The van der Waals surface area contributed by atoms with E-state index in [4.69, 9.17) is 0 Å². The van der Waals surface area contributed by atoms with Crippen molar-refractivity contribution in [2.45, 2.75) is 19.6 Å². The van der Waals surface area contributed by atoms with E-state index in [0.717, 1.165) is 23.4 Å². The topological polar surface area (TPSA) is 50.5 Å². The number of hydrogen-bond acceptors (Lipinski definition) is 4. The van der Waals surface area contributed by atoms with Crippen LogP contribution in [0.5, 0.6) is 0 Å². The summed E-state index contributed by atoms with van der Waals surface area (Å²) in [4.78, 5) is 6.92. The average molecular weight is 280 g/mol. The molecule has 0 aliphatic carbocycles.